The molecule has 0 saturated heterocycles. The minimum atomic E-state index is -0.0498. The number of hydrogen-bond donors (Lipinski definition) is 1. The van der Waals surface area contributed by atoms with E-state index in [0.717, 1.165) is 46.3 Å². The van der Waals surface area contributed by atoms with Gasteiger partial charge in [0, 0.05) is 17.4 Å². The number of nitrogen functional groups attached to an aromatic ring is 1. The van der Waals surface area contributed by atoms with Crippen molar-refractivity contribution in [1.29, 1.82) is 0 Å². The molecule has 1 atom stereocenters. The minimum absolute atomic E-state index is 0.0498. The maximum atomic E-state index is 10.9. The quantitative estimate of drug-likeness (QED) is 0.462. The molecule has 2 aromatic heterocycles. The van der Waals surface area contributed by atoms with Gasteiger partial charge in [-0.25, -0.2) is 9.97 Å². The molecule has 2 aromatic carbocycles. The Labute approximate surface area is 167 Å². The van der Waals surface area contributed by atoms with Gasteiger partial charge in [-0.05, 0) is 48.6 Å². The van der Waals surface area contributed by atoms with Crippen LogP contribution < -0.4 is 5.73 Å². The van der Waals surface area contributed by atoms with E-state index in [1.807, 2.05) is 37.3 Å². The van der Waals surface area contributed by atoms with Gasteiger partial charge < -0.3 is 10.3 Å². The molecule has 0 bridgehead atoms. The van der Waals surface area contributed by atoms with Crippen molar-refractivity contribution >= 4 is 16.7 Å². The summed E-state index contributed by atoms with van der Waals surface area (Å²) in [5.41, 5.74) is 10.9. The number of nitrogens with zero attached hydrogens (tertiary/aromatic N) is 4. The van der Waals surface area contributed by atoms with Crippen molar-refractivity contribution in [2.75, 3.05) is 12.3 Å². The highest BCUT2D eigenvalue weighted by atomic mass is 16.5. The number of nitrogens with two attached hydrogens (primary N) is 1. The summed E-state index contributed by atoms with van der Waals surface area (Å²) < 4.78 is 5.15. The van der Waals surface area contributed by atoms with E-state index in [9.17, 15) is 4.91 Å². The Morgan fingerprint density at radius 3 is 2.76 bits per heavy atom. The zero-order valence-corrected chi connectivity index (χ0v) is 16.1. The molecule has 0 unspecified atom stereocenters. The van der Waals surface area contributed by atoms with Crippen LogP contribution in [0.25, 0.3) is 22.0 Å². The largest absolute Gasteiger partial charge is 0.383 e. The Kier molecular flexibility index (Phi) is 5.29. The van der Waals surface area contributed by atoms with Crippen LogP contribution in [0.1, 0.15) is 29.4 Å². The minimum Gasteiger partial charge on any atom is -0.383 e. The van der Waals surface area contributed by atoms with Crippen LogP contribution in [0, 0.1) is 11.8 Å². The zero-order chi connectivity index (χ0) is 20.2. The summed E-state index contributed by atoms with van der Waals surface area (Å²) in [6.07, 6.45) is 3.04. The molecule has 7 heteroatoms. The molecule has 2 heterocycles. The van der Waals surface area contributed by atoms with E-state index in [1.165, 1.54) is 11.9 Å². The number of hydrogen-bond acceptors (Lipinski definition) is 7. The Morgan fingerprint density at radius 1 is 1.10 bits per heavy atom. The molecule has 7 nitrogen and oxygen atoms in total. The highest BCUT2D eigenvalue weighted by Crippen LogP contribution is 2.28. The van der Waals surface area contributed by atoms with E-state index in [1.54, 1.807) is 0 Å². The molecule has 0 fully saturated rings. The first kappa shape index (κ1) is 18.7. The van der Waals surface area contributed by atoms with E-state index < -0.39 is 0 Å². The third-order valence-corrected chi connectivity index (χ3v) is 5.07. The predicted octanol–water partition coefficient (Wildman–Crippen LogP) is 4.66. The van der Waals surface area contributed by atoms with Crippen LogP contribution in [0.4, 0.5) is 5.82 Å². The van der Waals surface area contributed by atoms with Crippen LogP contribution in [0.15, 0.2) is 64.6 Å². The SMILES string of the molecule is Cc1cc([C@H](CCc2cccc(-c3ccc4ncnc(N)c4c3)c2)CN=O)no1. The number of fused-ring (bicyclic) bond motifs is 1. The smallest absolute Gasteiger partial charge is 0.134 e. The summed E-state index contributed by atoms with van der Waals surface area (Å²) in [4.78, 5) is 19.2. The molecule has 0 aliphatic carbocycles. The first-order valence-corrected chi connectivity index (χ1v) is 9.46. The number of nitroso groups, excluding NO2 is 1. The monoisotopic (exact) mass is 387 g/mol. The molecule has 4 rings (SSSR count). The summed E-state index contributed by atoms with van der Waals surface area (Å²) in [7, 11) is 0. The van der Waals surface area contributed by atoms with Crippen molar-refractivity contribution in [3.8, 4) is 11.1 Å². The van der Waals surface area contributed by atoms with E-state index in [0.29, 0.717) is 5.82 Å². The Bertz CT molecular complexity index is 1150. The second-order valence-electron chi connectivity index (χ2n) is 7.10. The first-order valence-electron chi connectivity index (χ1n) is 9.46. The molecular formula is C22H21N5O2. The van der Waals surface area contributed by atoms with Gasteiger partial charge in [0.05, 0.1) is 17.8 Å². The number of aromatic nitrogens is 3. The summed E-state index contributed by atoms with van der Waals surface area (Å²) in [5.74, 6) is 1.16. The standard InChI is InChI=1S/C22H21N5O2/c1-14-9-21(27-29-14)18(12-26-28)6-5-15-3-2-4-16(10-15)17-7-8-20-19(11-17)22(23)25-13-24-20/h2-4,7-11,13,18H,5-6,12H2,1H3,(H2,23,24,25)/t18-/m1/s1. The topological polar surface area (TPSA) is 107 Å². The van der Waals surface area contributed by atoms with E-state index >= 15 is 0 Å². The van der Waals surface area contributed by atoms with Gasteiger partial charge >= 0.3 is 0 Å². The third-order valence-electron chi connectivity index (χ3n) is 5.07. The van der Waals surface area contributed by atoms with Crippen molar-refractivity contribution in [3.63, 3.8) is 0 Å². The molecule has 4 aromatic rings. The van der Waals surface area contributed by atoms with Gasteiger partial charge in [-0.2, -0.15) is 4.91 Å². The van der Waals surface area contributed by atoms with Crippen LogP contribution in [0.3, 0.4) is 0 Å². The molecule has 0 aliphatic rings. The maximum absolute atomic E-state index is 10.9. The fraction of sp³-hybridized carbons (Fsp3) is 0.227. The second-order valence-corrected chi connectivity index (χ2v) is 7.10. The lowest BCUT2D eigenvalue weighted by Gasteiger charge is -2.11. The van der Waals surface area contributed by atoms with E-state index in [2.05, 4.69) is 38.5 Å². The molecule has 0 amide bonds. The van der Waals surface area contributed by atoms with Crippen molar-refractivity contribution < 1.29 is 4.52 Å². The highest BCUT2D eigenvalue weighted by molar-refractivity contribution is 5.91. The molecule has 0 radical (unpaired) electrons. The van der Waals surface area contributed by atoms with Crippen molar-refractivity contribution in [2.24, 2.45) is 5.18 Å². The Balaban J connectivity index is 1.55. The Morgan fingerprint density at radius 2 is 1.97 bits per heavy atom. The fourth-order valence-corrected chi connectivity index (χ4v) is 3.50. The van der Waals surface area contributed by atoms with Crippen LogP contribution >= 0.6 is 0 Å². The molecule has 29 heavy (non-hydrogen) atoms. The summed E-state index contributed by atoms with van der Waals surface area (Å²) >= 11 is 0. The number of anilines is 1. The normalized spacial score (nSPS) is 12.2. The summed E-state index contributed by atoms with van der Waals surface area (Å²) in [6.45, 7) is 2.03. The second kappa shape index (κ2) is 8.18. The van der Waals surface area contributed by atoms with Gasteiger partial charge in [0.25, 0.3) is 0 Å². The van der Waals surface area contributed by atoms with Crippen LogP contribution in [0.2, 0.25) is 0 Å². The van der Waals surface area contributed by atoms with E-state index in [4.69, 9.17) is 10.3 Å². The van der Waals surface area contributed by atoms with Gasteiger partial charge in [0.2, 0.25) is 0 Å². The molecule has 146 valence electrons. The van der Waals surface area contributed by atoms with Gasteiger partial charge in [-0.3, -0.25) is 0 Å². The first-order chi connectivity index (χ1) is 14.1. The van der Waals surface area contributed by atoms with Crippen LogP contribution in [-0.2, 0) is 6.42 Å². The van der Waals surface area contributed by atoms with Gasteiger partial charge in [-0.1, -0.05) is 40.7 Å². The Hall–Kier alpha value is -3.61. The molecular weight excluding hydrogens is 366 g/mol. The zero-order valence-electron chi connectivity index (χ0n) is 16.1. The van der Waals surface area contributed by atoms with Gasteiger partial charge in [0.15, 0.2) is 0 Å². The number of aryl methyl sites for hydroxylation is 2. The lowest BCUT2D eigenvalue weighted by atomic mass is 9.94. The lowest BCUT2D eigenvalue weighted by Crippen LogP contribution is -2.05. The van der Waals surface area contributed by atoms with Crippen molar-refractivity contribution in [2.45, 2.75) is 25.7 Å². The fourth-order valence-electron chi connectivity index (χ4n) is 3.50. The van der Waals surface area contributed by atoms with Crippen molar-refractivity contribution in [1.82, 2.24) is 15.1 Å². The molecule has 0 spiro atoms. The third kappa shape index (κ3) is 4.13. The molecule has 0 saturated carbocycles. The van der Waals surface area contributed by atoms with E-state index in [-0.39, 0.29) is 12.5 Å². The highest BCUT2D eigenvalue weighted by Gasteiger charge is 2.16. The van der Waals surface area contributed by atoms with Gasteiger partial charge in [0.1, 0.15) is 17.9 Å². The molecule has 2 N–H and O–H groups in total. The average molecular weight is 387 g/mol. The number of benzene rings is 2. The molecule has 0 aliphatic heterocycles. The van der Waals surface area contributed by atoms with Crippen molar-refractivity contribution in [3.05, 3.63) is 76.8 Å². The number of rotatable bonds is 7. The summed E-state index contributed by atoms with van der Waals surface area (Å²) in [6, 6.07) is 16.2. The lowest BCUT2D eigenvalue weighted by molar-refractivity contribution is 0.383. The van der Waals surface area contributed by atoms with Crippen LogP contribution in [0.5, 0.6) is 0 Å². The summed E-state index contributed by atoms with van der Waals surface area (Å²) in [5, 5.41) is 7.97. The predicted molar refractivity (Wildman–Crippen MR) is 112 cm³/mol. The van der Waals surface area contributed by atoms with Crippen LogP contribution in [-0.4, -0.2) is 21.7 Å². The van der Waals surface area contributed by atoms with Gasteiger partial charge in [-0.15, -0.1) is 0 Å². The average Bonchev–Trinajstić information content (AvgIpc) is 3.17. The maximum Gasteiger partial charge on any atom is 0.134 e.